The average molecular weight is 1180 g/mol. The Morgan fingerprint density at radius 1 is 0.754 bits per heavy atom. The summed E-state index contributed by atoms with van der Waals surface area (Å²) in [5.74, 6) is 3.36. The minimum absolute atomic E-state index is 0.0117. The van der Waals surface area contributed by atoms with E-state index in [1.807, 2.05) is 85.8 Å². The minimum Gasteiger partial charge on any atom is -0.497 e. The first-order chi connectivity index (χ1) is 33.4. The molecule has 0 radical (unpaired) electrons. The number of benzene rings is 4. The van der Waals surface area contributed by atoms with E-state index in [4.69, 9.17) is 29.4 Å². The van der Waals surface area contributed by atoms with Crippen molar-refractivity contribution in [3.63, 3.8) is 0 Å². The van der Waals surface area contributed by atoms with E-state index >= 15 is 0 Å². The van der Waals surface area contributed by atoms with Crippen molar-refractivity contribution in [2.45, 2.75) is 98.3 Å². The molecule has 2 heterocycles. The number of ketones is 1. The molecule has 0 bridgehead atoms. The fourth-order valence-electron chi connectivity index (χ4n) is 7.31. The molecular formula is C53H72I2N4O10. The summed E-state index contributed by atoms with van der Waals surface area (Å²) < 4.78 is 31.0. The van der Waals surface area contributed by atoms with Crippen molar-refractivity contribution in [3.05, 3.63) is 131 Å². The third-order valence-electron chi connectivity index (χ3n) is 11.2. The molecule has 2 aliphatic rings. The summed E-state index contributed by atoms with van der Waals surface area (Å²) in [6, 6.07) is 30.2. The normalized spacial score (nSPS) is 15.4. The maximum atomic E-state index is 11.9. The lowest BCUT2D eigenvalue weighted by molar-refractivity contribution is -0.145. The number of methoxy groups -OCH3 is 3. The van der Waals surface area contributed by atoms with Crippen LogP contribution in [0.4, 0.5) is 0 Å². The van der Waals surface area contributed by atoms with Gasteiger partial charge in [0.1, 0.15) is 35.2 Å². The van der Waals surface area contributed by atoms with Gasteiger partial charge in [0.25, 0.3) is 5.91 Å². The van der Waals surface area contributed by atoms with Crippen LogP contribution in [-0.2, 0) is 43.5 Å². The van der Waals surface area contributed by atoms with Crippen molar-refractivity contribution >= 4 is 60.9 Å². The molecule has 14 nitrogen and oxygen atoms in total. The van der Waals surface area contributed by atoms with Crippen molar-refractivity contribution < 1.29 is 47.6 Å². The summed E-state index contributed by atoms with van der Waals surface area (Å²) in [4.78, 5) is 44.4. The molecule has 0 saturated carbocycles. The second-order valence-corrected chi connectivity index (χ2v) is 15.5. The molecule has 5 N–H and O–H groups in total. The highest BCUT2D eigenvalue weighted by Gasteiger charge is 2.34. The number of piperidine rings is 1. The number of hydrogen-bond donors (Lipinski definition) is 4. The van der Waals surface area contributed by atoms with E-state index in [-0.39, 0.29) is 24.1 Å². The molecule has 0 aromatic heterocycles. The van der Waals surface area contributed by atoms with Crippen LogP contribution in [0.25, 0.3) is 0 Å². The van der Waals surface area contributed by atoms with Crippen LogP contribution in [0.1, 0.15) is 105 Å². The Bertz CT molecular complexity index is 2120. The van der Waals surface area contributed by atoms with Crippen molar-refractivity contribution in [2.24, 2.45) is 11.7 Å². The zero-order chi connectivity index (χ0) is 51.0. The van der Waals surface area contributed by atoms with E-state index in [0.717, 1.165) is 76.8 Å². The van der Waals surface area contributed by atoms with Gasteiger partial charge in [-0.2, -0.15) is 0 Å². The van der Waals surface area contributed by atoms with E-state index in [9.17, 15) is 19.2 Å². The van der Waals surface area contributed by atoms with Crippen LogP contribution < -0.4 is 40.6 Å². The van der Waals surface area contributed by atoms with E-state index in [0.29, 0.717) is 63.8 Å². The van der Waals surface area contributed by atoms with Crippen molar-refractivity contribution in [1.29, 1.82) is 0 Å². The number of ether oxygens (including phenoxy) is 6. The molecule has 1 saturated heterocycles. The zero-order valence-electron chi connectivity index (χ0n) is 41.4. The van der Waals surface area contributed by atoms with Crippen LogP contribution in [-0.4, -0.2) is 77.4 Å². The molecule has 3 atom stereocenters. The van der Waals surface area contributed by atoms with E-state index < -0.39 is 5.97 Å². The summed E-state index contributed by atoms with van der Waals surface area (Å²) in [5, 5.41) is 9.75. The summed E-state index contributed by atoms with van der Waals surface area (Å²) in [6.45, 7) is 13.7. The van der Waals surface area contributed by atoms with Crippen molar-refractivity contribution in [3.8, 4) is 23.0 Å². The molecule has 0 spiro atoms. The number of fused-ring (bicyclic) bond motifs is 1. The van der Waals surface area contributed by atoms with Gasteiger partial charge in [-0.25, -0.2) is 4.79 Å². The molecule has 2 aliphatic heterocycles. The smallest absolute Gasteiger partial charge is 0.332 e. The third kappa shape index (κ3) is 22.1. The topological polar surface area (TPSA) is 186 Å². The lowest BCUT2D eigenvalue weighted by Crippen LogP contribution is -2.47. The number of amides is 1. The molecule has 4 aromatic rings. The van der Waals surface area contributed by atoms with Gasteiger partial charge in [0.15, 0.2) is 0 Å². The highest BCUT2D eigenvalue weighted by atomic mass is 128. The molecule has 16 heteroatoms. The fourth-order valence-corrected chi connectivity index (χ4v) is 7.31. The number of hydrogen-bond acceptors (Lipinski definition) is 13. The number of esters is 2. The minimum atomic E-state index is -0.422. The first-order valence-corrected chi connectivity index (χ1v) is 29.5. The second-order valence-electron chi connectivity index (χ2n) is 15.5. The molecule has 1 amide bonds. The Morgan fingerprint density at radius 3 is 1.84 bits per heavy atom. The Morgan fingerprint density at radius 2 is 1.32 bits per heavy atom. The predicted molar refractivity (Wildman–Crippen MR) is 289 cm³/mol. The summed E-state index contributed by atoms with van der Waals surface area (Å²) in [5.41, 5.74) is 11.6. The lowest BCUT2D eigenvalue weighted by atomic mass is 9.76. The van der Waals surface area contributed by atoms with Crippen LogP contribution in [0.3, 0.4) is 0 Å². The van der Waals surface area contributed by atoms with Gasteiger partial charge in [-0.3, -0.25) is 14.4 Å². The number of allylic oxidation sites excluding steroid dienone is 1. The number of carbonyl (C=O) groups excluding carboxylic acids is 4. The summed E-state index contributed by atoms with van der Waals surface area (Å²) in [6.07, 6.45) is 4.74. The summed E-state index contributed by atoms with van der Waals surface area (Å²) in [7, 11) is 4.99. The monoisotopic (exact) mass is 1180 g/mol. The SMILES string of the molecule is CCOC(=O)/C=C(/CC)NCc1ccc(OC)cc1.CCOC(=O)CC(=O)CC.CC[C@H]1NCC[C@@H](c2ccc(OC)cc2)[C@@H]1COc1ccc2c(c1)C(=O)NC2.COc1ccc(CN)cc1.II. The lowest BCUT2D eigenvalue weighted by Gasteiger charge is -2.39. The van der Waals surface area contributed by atoms with E-state index in [1.54, 1.807) is 42.1 Å². The van der Waals surface area contributed by atoms with Crippen molar-refractivity contribution in [1.82, 2.24) is 16.0 Å². The van der Waals surface area contributed by atoms with Crippen LogP contribution >= 0.6 is 37.2 Å². The largest absolute Gasteiger partial charge is 0.497 e. The number of rotatable bonds is 19. The molecule has 4 aromatic carbocycles. The molecule has 6 rings (SSSR count). The number of Topliss-reactive ketones (excluding diaryl/α,β-unsaturated/α-hetero) is 1. The molecular weight excluding hydrogens is 1110 g/mol. The maximum Gasteiger partial charge on any atom is 0.332 e. The molecule has 0 aliphatic carbocycles. The number of nitrogens with one attached hydrogen (secondary N) is 3. The van der Waals surface area contributed by atoms with Gasteiger partial charge in [0, 0.05) is 92.6 Å². The van der Waals surface area contributed by atoms with E-state index in [1.165, 1.54) is 11.6 Å². The van der Waals surface area contributed by atoms with Gasteiger partial charge in [-0.05, 0) is 116 Å². The van der Waals surface area contributed by atoms with Gasteiger partial charge in [-0.15, -0.1) is 0 Å². The number of halogens is 2. The Hall–Kier alpha value is -4.92. The second kappa shape index (κ2) is 35.2. The zero-order valence-corrected chi connectivity index (χ0v) is 45.7. The highest BCUT2D eigenvalue weighted by Crippen LogP contribution is 2.36. The van der Waals surface area contributed by atoms with Gasteiger partial charge in [0.2, 0.25) is 0 Å². The van der Waals surface area contributed by atoms with Crippen LogP contribution in [0.5, 0.6) is 23.0 Å². The summed E-state index contributed by atoms with van der Waals surface area (Å²) >= 11 is 4.24. The van der Waals surface area contributed by atoms with Crippen LogP contribution in [0.2, 0.25) is 0 Å². The molecule has 378 valence electrons. The van der Waals surface area contributed by atoms with Gasteiger partial charge in [0.05, 0.1) is 41.2 Å². The quantitative estimate of drug-likeness (QED) is 0.0301. The number of carbonyl (C=O) groups is 4. The Kier molecular flexibility index (Phi) is 30.7. The van der Waals surface area contributed by atoms with Gasteiger partial charge >= 0.3 is 11.9 Å². The van der Waals surface area contributed by atoms with E-state index in [2.05, 4.69) is 77.0 Å². The van der Waals surface area contributed by atoms with Crippen LogP contribution in [0, 0.1) is 5.92 Å². The van der Waals surface area contributed by atoms with Crippen LogP contribution in [0.15, 0.2) is 103 Å². The van der Waals surface area contributed by atoms with Gasteiger partial charge < -0.3 is 50.1 Å². The van der Waals surface area contributed by atoms with Crippen molar-refractivity contribution in [2.75, 3.05) is 47.7 Å². The highest BCUT2D eigenvalue weighted by molar-refractivity contribution is 15.0. The molecule has 0 unspecified atom stereocenters. The van der Waals surface area contributed by atoms with Gasteiger partial charge in [-0.1, -0.05) is 63.2 Å². The fraction of sp³-hybridized carbons (Fsp3) is 0.434. The molecule has 69 heavy (non-hydrogen) atoms. The average Bonchev–Trinajstić information content (AvgIpc) is 3.77. The standard InChI is InChI=1S/C23H28N2O3.C15H21NO3.C8H11NO.C7H12O3.I2/c1-3-22-21(14-28-18-9-6-16-13-25-23(26)20(16)12-18)19(10-11-24-22)15-4-7-17(27-2)8-5-15;1-4-13(10-15(17)19-5-2)16-11-12-6-8-14(18-3)9-7-12;1-10-8-4-2-7(6-9)3-5-8;1-3-6(8)5-7(9)10-4-2;1-2/h4-9,12,19,21-22,24H,3,10-11,13-14H2,1-2H3,(H,25,26);6-10,16H,4-5,11H2,1-3H3;2-5H,6,9H2,1H3;3-5H2,1-2H3;/b;13-10-;;;/t19-,21-,22+;;;;/m0..../s1. The first kappa shape index (κ1) is 60.2. The molecule has 1 fully saturated rings. The third-order valence-corrected chi connectivity index (χ3v) is 11.2. The number of nitrogens with two attached hydrogens (primary N) is 1. The maximum absolute atomic E-state index is 11.9. The Balaban J connectivity index is 0.000000344. The Labute approximate surface area is 432 Å². The first-order valence-electron chi connectivity index (χ1n) is 23.3. The predicted octanol–water partition coefficient (Wildman–Crippen LogP) is 9.98.